The summed E-state index contributed by atoms with van der Waals surface area (Å²) in [5.41, 5.74) is 2.27. The van der Waals surface area contributed by atoms with Crippen molar-refractivity contribution in [1.82, 2.24) is 24.6 Å². The van der Waals surface area contributed by atoms with Crippen molar-refractivity contribution in [1.29, 1.82) is 0 Å². The highest BCUT2D eigenvalue weighted by molar-refractivity contribution is 5.98. The molecule has 2 fully saturated rings. The minimum absolute atomic E-state index is 0.0536. The molecule has 8 nitrogen and oxygen atoms in total. The number of ether oxygens (including phenoxy) is 1. The van der Waals surface area contributed by atoms with Crippen LogP contribution in [0.1, 0.15) is 40.6 Å². The Hall–Kier alpha value is -3.00. The van der Waals surface area contributed by atoms with Crippen LogP contribution in [-0.2, 0) is 11.8 Å². The summed E-state index contributed by atoms with van der Waals surface area (Å²) in [4.78, 5) is 19.7. The number of likely N-dealkylation sites (tertiary alicyclic amines) is 1. The molecular formula is C22H25N5O3. The molecule has 156 valence electrons. The van der Waals surface area contributed by atoms with Gasteiger partial charge in [0.05, 0.1) is 0 Å². The van der Waals surface area contributed by atoms with Gasteiger partial charge in [-0.05, 0) is 25.8 Å². The molecule has 8 heteroatoms. The zero-order valence-electron chi connectivity index (χ0n) is 17.2. The van der Waals surface area contributed by atoms with Gasteiger partial charge >= 0.3 is 0 Å². The maximum Gasteiger partial charge on any atom is 0.276 e. The molecule has 1 aromatic carbocycles. The van der Waals surface area contributed by atoms with Gasteiger partial charge in [-0.1, -0.05) is 23.8 Å². The van der Waals surface area contributed by atoms with Crippen molar-refractivity contribution in [2.45, 2.75) is 25.7 Å². The van der Waals surface area contributed by atoms with Crippen LogP contribution in [0.25, 0.3) is 11.3 Å². The number of carbonyl (C=O) groups is 1. The monoisotopic (exact) mass is 407 g/mol. The first-order chi connectivity index (χ1) is 14.6. The van der Waals surface area contributed by atoms with Gasteiger partial charge in [-0.2, -0.15) is 0 Å². The van der Waals surface area contributed by atoms with Crippen LogP contribution in [0.4, 0.5) is 0 Å². The third kappa shape index (κ3) is 3.11. The van der Waals surface area contributed by atoms with Crippen molar-refractivity contribution < 1.29 is 13.9 Å². The Morgan fingerprint density at radius 1 is 1.27 bits per heavy atom. The van der Waals surface area contributed by atoms with Crippen molar-refractivity contribution >= 4 is 5.91 Å². The van der Waals surface area contributed by atoms with Gasteiger partial charge in [-0.3, -0.25) is 4.79 Å². The molecule has 5 rings (SSSR count). The summed E-state index contributed by atoms with van der Waals surface area (Å²) in [6.07, 6.45) is 4.88. The number of hydrogen-bond donors (Lipinski definition) is 0. The van der Waals surface area contributed by atoms with Gasteiger partial charge < -0.3 is 18.6 Å². The summed E-state index contributed by atoms with van der Waals surface area (Å²) >= 11 is 0. The van der Waals surface area contributed by atoms with E-state index in [0.717, 1.165) is 29.8 Å². The van der Waals surface area contributed by atoms with E-state index in [1.807, 2.05) is 47.7 Å². The van der Waals surface area contributed by atoms with Crippen LogP contribution in [0, 0.1) is 12.3 Å². The van der Waals surface area contributed by atoms with E-state index in [9.17, 15) is 4.79 Å². The molecule has 0 N–H and O–H groups in total. The fraction of sp³-hybridized carbons (Fsp3) is 0.455. The Morgan fingerprint density at radius 2 is 2.10 bits per heavy atom. The van der Waals surface area contributed by atoms with Crippen LogP contribution < -0.4 is 0 Å². The van der Waals surface area contributed by atoms with Crippen LogP contribution >= 0.6 is 0 Å². The van der Waals surface area contributed by atoms with Crippen LogP contribution in [0.5, 0.6) is 0 Å². The van der Waals surface area contributed by atoms with Gasteiger partial charge in [0.1, 0.15) is 12.2 Å². The lowest BCUT2D eigenvalue weighted by Crippen LogP contribution is -2.37. The van der Waals surface area contributed by atoms with E-state index in [0.29, 0.717) is 37.8 Å². The quantitative estimate of drug-likeness (QED) is 0.664. The second-order valence-electron chi connectivity index (χ2n) is 8.41. The van der Waals surface area contributed by atoms with Gasteiger partial charge in [0.15, 0.2) is 17.8 Å². The van der Waals surface area contributed by atoms with Crippen LogP contribution in [0.15, 0.2) is 41.4 Å². The lowest BCUT2D eigenvalue weighted by atomic mass is 9.72. The van der Waals surface area contributed by atoms with E-state index in [2.05, 4.69) is 15.2 Å². The number of aryl methyl sites for hydroxylation is 2. The molecule has 1 amide bonds. The van der Waals surface area contributed by atoms with Gasteiger partial charge in [0.2, 0.25) is 0 Å². The Kier molecular flexibility index (Phi) is 4.66. The molecule has 0 aliphatic carbocycles. The molecule has 1 unspecified atom stereocenters. The molecule has 4 heterocycles. The lowest BCUT2D eigenvalue weighted by molar-refractivity contribution is 0.0108. The molecule has 1 spiro atoms. The molecule has 2 aliphatic heterocycles. The summed E-state index contributed by atoms with van der Waals surface area (Å²) in [7, 11) is 1.96. The Balaban J connectivity index is 1.48. The number of hydrogen-bond acceptors (Lipinski definition) is 6. The Morgan fingerprint density at radius 3 is 2.83 bits per heavy atom. The van der Waals surface area contributed by atoms with E-state index < -0.39 is 0 Å². The van der Waals surface area contributed by atoms with Crippen LogP contribution in [0.2, 0.25) is 0 Å². The smallest absolute Gasteiger partial charge is 0.276 e. The summed E-state index contributed by atoms with van der Waals surface area (Å²) in [6, 6.07) is 7.92. The van der Waals surface area contributed by atoms with Crippen molar-refractivity contribution in [2.24, 2.45) is 12.5 Å². The second kappa shape index (κ2) is 7.36. The Labute approximate surface area is 174 Å². The lowest BCUT2D eigenvalue weighted by Gasteiger charge is -2.37. The predicted molar refractivity (Wildman–Crippen MR) is 109 cm³/mol. The minimum atomic E-state index is -0.101. The van der Waals surface area contributed by atoms with Crippen molar-refractivity contribution in [3.8, 4) is 11.3 Å². The van der Waals surface area contributed by atoms with E-state index in [1.54, 1.807) is 6.33 Å². The number of benzene rings is 1. The average Bonchev–Trinajstić information content (AvgIpc) is 3.47. The number of rotatable bonds is 3. The molecule has 0 bridgehead atoms. The van der Waals surface area contributed by atoms with Crippen LogP contribution in [0.3, 0.4) is 0 Å². The fourth-order valence-corrected chi connectivity index (χ4v) is 4.91. The highest BCUT2D eigenvalue weighted by Gasteiger charge is 2.51. The van der Waals surface area contributed by atoms with Crippen molar-refractivity contribution in [3.63, 3.8) is 0 Å². The van der Waals surface area contributed by atoms with E-state index >= 15 is 0 Å². The van der Waals surface area contributed by atoms with Crippen LogP contribution in [-0.4, -0.2) is 56.9 Å². The zero-order valence-corrected chi connectivity index (χ0v) is 17.2. The summed E-state index contributed by atoms with van der Waals surface area (Å²) < 4.78 is 13.2. The molecule has 2 aromatic heterocycles. The maximum atomic E-state index is 13.5. The largest absolute Gasteiger partial charge is 0.443 e. The molecule has 0 saturated carbocycles. The molecule has 30 heavy (non-hydrogen) atoms. The fourth-order valence-electron chi connectivity index (χ4n) is 4.91. The molecule has 3 aromatic rings. The SMILES string of the molecule is Cc1cccc(-c2ocnc2C(=O)N2CC(c3nncn3C)C3(CCOCC3)C2)c1. The first-order valence-electron chi connectivity index (χ1n) is 10.3. The summed E-state index contributed by atoms with van der Waals surface area (Å²) in [5, 5.41) is 8.46. The summed E-state index contributed by atoms with van der Waals surface area (Å²) in [5.74, 6) is 1.46. The van der Waals surface area contributed by atoms with Crippen molar-refractivity contribution in [2.75, 3.05) is 26.3 Å². The highest BCUT2D eigenvalue weighted by atomic mass is 16.5. The molecular weight excluding hydrogens is 382 g/mol. The normalized spacial score (nSPS) is 20.7. The third-order valence-electron chi connectivity index (χ3n) is 6.53. The second-order valence-corrected chi connectivity index (χ2v) is 8.41. The van der Waals surface area contributed by atoms with Gasteiger partial charge in [0, 0.05) is 50.2 Å². The molecule has 2 aliphatic rings. The maximum absolute atomic E-state index is 13.5. The highest BCUT2D eigenvalue weighted by Crippen LogP contribution is 2.49. The minimum Gasteiger partial charge on any atom is -0.443 e. The molecule has 2 saturated heterocycles. The molecule has 1 atom stereocenters. The van der Waals surface area contributed by atoms with Gasteiger partial charge in [-0.25, -0.2) is 4.98 Å². The van der Waals surface area contributed by atoms with Gasteiger partial charge in [0.25, 0.3) is 5.91 Å². The third-order valence-corrected chi connectivity index (χ3v) is 6.53. The number of nitrogens with zero attached hydrogens (tertiary/aromatic N) is 5. The molecule has 0 radical (unpaired) electrons. The van der Waals surface area contributed by atoms with E-state index in [1.165, 1.54) is 6.39 Å². The van der Waals surface area contributed by atoms with Gasteiger partial charge in [-0.15, -0.1) is 10.2 Å². The predicted octanol–water partition coefficient (Wildman–Crippen LogP) is 2.81. The number of carbonyl (C=O) groups excluding carboxylic acids is 1. The van der Waals surface area contributed by atoms with E-state index in [-0.39, 0.29) is 17.2 Å². The average molecular weight is 407 g/mol. The Bertz CT molecular complexity index is 1070. The zero-order chi connectivity index (χ0) is 20.7. The first-order valence-corrected chi connectivity index (χ1v) is 10.3. The van der Waals surface area contributed by atoms with Crippen molar-refractivity contribution in [3.05, 3.63) is 54.1 Å². The summed E-state index contributed by atoms with van der Waals surface area (Å²) in [6.45, 7) is 4.67. The topological polar surface area (TPSA) is 86.3 Å². The standard InChI is InChI=1S/C22H25N5O3/c1-15-4-3-5-16(10-15)19-18(23-14-30-19)21(28)27-11-17(20-25-24-13-26(20)2)22(12-27)6-8-29-9-7-22/h3-5,10,13-14,17H,6-9,11-12H2,1-2H3. The number of amides is 1. The number of oxazole rings is 1. The first kappa shape index (κ1) is 19.0. The number of aromatic nitrogens is 4. The van der Waals surface area contributed by atoms with E-state index in [4.69, 9.17) is 9.15 Å².